The lowest BCUT2D eigenvalue weighted by Gasteiger charge is -2.16. The van der Waals surface area contributed by atoms with Crippen LogP contribution in [0.25, 0.3) is 11.3 Å². The minimum atomic E-state index is 0.176. The minimum absolute atomic E-state index is 0.176. The van der Waals surface area contributed by atoms with Gasteiger partial charge < -0.3 is 4.90 Å². The zero-order valence-corrected chi connectivity index (χ0v) is 13.1. The largest absolute Gasteiger partial charge is 0.358 e. The van der Waals surface area contributed by atoms with Gasteiger partial charge in [0.05, 0.1) is 5.69 Å². The van der Waals surface area contributed by atoms with Crippen molar-refractivity contribution in [2.45, 2.75) is 13.3 Å². The van der Waals surface area contributed by atoms with Crippen LogP contribution in [0.2, 0.25) is 0 Å². The number of benzene rings is 1. The smallest absolute Gasteiger partial charge is 0.151 e. The van der Waals surface area contributed by atoms with E-state index in [-0.39, 0.29) is 5.78 Å². The fourth-order valence-electron chi connectivity index (χ4n) is 1.77. The lowest BCUT2D eigenvalue weighted by Crippen LogP contribution is -2.21. The van der Waals surface area contributed by atoms with Gasteiger partial charge in [-0.2, -0.15) is 0 Å². The summed E-state index contributed by atoms with van der Waals surface area (Å²) in [6.07, 6.45) is 0.519. The maximum atomic E-state index is 11.0. The topological polar surface area (TPSA) is 46.1 Å². The van der Waals surface area contributed by atoms with E-state index < -0.39 is 0 Å². The van der Waals surface area contributed by atoms with Crippen LogP contribution in [-0.4, -0.2) is 29.6 Å². The first-order chi connectivity index (χ1) is 9.56. The van der Waals surface area contributed by atoms with Crippen LogP contribution in [0, 0.1) is 0 Å². The summed E-state index contributed by atoms with van der Waals surface area (Å²) in [6.45, 7) is 2.25. The molecule has 0 amide bonds. The maximum absolute atomic E-state index is 11.0. The molecule has 0 aliphatic heterocycles. The molecule has 0 spiro atoms. The molecule has 0 fully saturated rings. The third-order valence-electron chi connectivity index (χ3n) is 2.96. The molecule has 0 saturated carbocycles. The molecule has 0 radical (unpaired) electrons. The van der Waals surface area contributed by atoms with Gasteiger partial charge in [-0.3, -0.25) is 4.79 Å². The number of hydrogen-bond donors (Lipinski definition) is 0. The van der Waals surface area contributed by atoms with Crippen molar-refractivity contribution in [1.82, 2.24) is 10.2 Å². The SMILES string of the molecule is CC(=O)CCN(C)c1ccc(-c2cccc(Br)c2)nn1. The van der Waals surface area contributed by atoms with E-state index in [2.05, 4.69) is 26.1 Å². The Bertz CT molecular complexity index is 598. The number of hydrogen-bond acceptors (Lipinski definition) is 4. The average Bonchev–Trinajstić information content (AvgIpc) is 2.45. The van der Waals surface area contributed by atoms with Crippen LogP contribution in [0.5, 0.6) is 0 Å². The van der Waals surface area contributed by atoms with Gasteiger partial charge in [0.2, 0.25) is 0 Å². The van der Waals surface area contributed by atoms with E-state index in [1.165, 1.54) is 0 Å². The first kappa shape index (κ1) is 14.7. The fraction of sp³-hybridized carbons (Fsp3) is 0.267. The van der Waals surface area contributed by atoms with Crippen LogP contribution >= 0.6 is 15.9 Å². The van der Waals surface area contributed by atoms with Crippen LogP contribution in [-0.2, 0) is 4.79 Å². The Morgan fingerprint density at radius 3 is 2.65 bits per heavy atom. The number of anilines is 1. The summed E-state index contributed by atoms with van der Waals surface area (Å²) < 4.78 is 1.01. The molecule has 1 aromatic heterocycles. The Labute approximate surface area is 127 Å². The summed E-state index contributed by atoms with van der Waals surface area (Å²) >= 11 is 3.44. The molecule has 2 rings (SSSR count). The van der Waals surface area contributed by atoms with Crippen molar-refractivity contribution in [3.63, 3.8) is 0 Å². The van der Waals surface area contributed by atoms with Crippen molar-refractivity contribution in [2.75, 3.05) is 18.5 Å². The molecular weight excluding hydrogens is 318 g/mol. The molecular formula is C15H16BrN3O. The number of rotatable bonds is 5. The van der Waals surface area contributed by atoms with Crippen molar-refractivity contribution < 1.29 is 4.79 Å². The van der Waals surface area contributed by atoms with E-state index in [0.29, 0.717) is 13.0 Å². The lowest BCUT2D eigenvalue weighted by atomic mass is 10.1. The molecule has 104 valence electrons. The molecule has 0 unspecified atom stereocenters. The number of carbonyl (C=O) groups excluding carboxylic acids is 1. The minimum Gasteiger partial charge on any atom is -0.358 e. The predicted octanol–water partition coefficient (Wildman–Crippen LogP) is 3.32. The summed E-state index contributed by atoms with van der Waals surface area (Å²) in [5.41, 5.74) is 1.85. The van der Waals surface area contributed by atoms with Crippen LogP contribution in [0.3, 0.4) is 0 Å². The Hall–Kier alpha value is -1.75. The highest BCUT2D eigenvalue weighted by Crippen LogP contribution is 2.21. The first-order valence-electron chi connectivity index (χ1n) is 6.36. The lowest BCUT2D eigenvalue weighted by molar-refractivity contribution is -0.116. The highest BCUT2D eigenvalue weighted by atomic mass is 79.9. The summed E-state index contributed by atoms with van der Waals surface area (Å²) in [4.78, 5) is 12.9. The van der Waals surface area contributed by atoms with Crippen molar-refractivity contribution >= 4 is 27.5 Å². The van der Waals surface area contributed by atoms with Gasteiger partial charge in [0.25, 0.3) is 0 Å². The molecule has 5 heteroatoms. The molecule has 0 bridgehead atoms. The highest BCUT2D eigenvalue weighted by molar-refractivity contribution is 9.10. The Morgan fingerprint density at radius 2 is 2.05 bits per heavy atom. The Morgan fingerprint density at radius 1 is 1.25 bits per heavy atom. The highest BCUT2D eigenvalue weighted by Gasteiger charge is 2.06. The molecule has 1 heterocycles. The summed E-state index contributed by atoms with van der Waals surface area (Å²) in [7, 11) is 1.91. The van der Waals surface area contributed by atoms with Crippen LogP contribution in [0.1, 0.15) is 13.3 Å². The molecule has 4 nitrogen and oxygen atoms in total. The van der Waals surface area contributed by atoms with Gasteiger partial charge in [-0.1, -0.05) is 28.1 Å². The third kappa shape index (κ3) is 3.87. The van der Waals surface area contributed by atoms with Gasteiger partial charge in [-0.05, 0) is 31.2 Å². The first-order valence-corrected chi connectivity index (χ1v) is 7.16. The maximum Gasteiger partial charge on any atom is 0.151 e. The number of halogens is 1. The number of aromatic nitrogens is 2. The Balaban J connectivity index is 2.12. The number of ketones is 1. The zero-order chi connectivity index (χ0) is 14.5. The third-order valence-corrected chi connectivity index (χ3v) is 3.45. The fourth-order valence-corrected chi connectivity index (χ4v) is 2.17. The molecule has 0 saturated heterocycles. The van der Waals surface area contributed by atoms with E-state index in [1.807, 2.05) is 48.3 Å². The Kier molecular flexibility index (Phi) is 4.84. The van der Waals surface area contributed by atoms with E-state index in [0.717, 1.165) is 21.5 Å². The quantitative estimate of drug-likeness (QED) is 0.842. The molecule has 2 aromatic rings. The van der Waals surface area contributed by atoms with Crippen molar-refractivity contribution in [1.29, 1.82) is 0 Å². The van der Waals surface area contributed by atoms with E-state index >= 15 is 0 Å². The van der Waals surface area contributed by atoms with Crippen LogP contribution in [0.15, 0.2) is 40.9 Å². The summed E-state index contributed by atoms with van der Waals surface area (Å²) in [6, 6.07) is 11.8. The molecule has 0 aliphatic rings. The van der Waals surface area contributed by atoms with Crippen LogP contribution in [0.4, 0.5) is 5.82 Å². The number of Topliss-reactive ketones (excluding diaryl/α,β-unsaturated/α-hetero) is 1. The second-order valence-electron chi connectivity index (χ2n) is 4.66. The van der Waals surface area contributed by atoms with Gasteiger partial charge in [-0.15, -0.1) is 10.2 Å². The van der Waals surface area contributed by atoms with Crippen molar-refractivity contribution in [3.8, 4) is 11.3 Å². The molecule has 0 atom stereocenters. The van der Waals surface area contributed by atoms with Gasteiger partial charge in [0, 0.05) is 30.0 Å². The normalized spacial score (nSPS) is 10.3. The number of nitrogens with zero attached hydrogens (tertiary/aromatic N) is 3. The average molecular weight is 334 g/mol. The van der Waals surface area contributed by atoms with Crippen molar-refractivity contribution in [3.05, 3.63) is 40.9 Å². The molecule has 0 aliphatic carbocycles. The predicted molar refractivity (Wildman–Crippen MR) is 83.7 cm³/mol. The monoisotopic (exact) mass is 333 g/mol. The van der Waals surface area contributed by atoms with E-state index in [4.69, 9.17) is 0 Å². The van der Waals surface area contributed by atoms with Gasteiger partial charge in [0.1, 0.15) is 5.78 Å². The second-order valence-corrected chi connectivity index (χ2v) is 5.58. The van der Waals surface area contributed by atoms with Gasteiger partial charge in [-0.25, -0.2) is 0 Å². The molecule has 20 heavy (non-hydrogen) atoms. The van der Waals surface area contributed by atoms with E-state index in [1.54, 1.807) is 6.92 Å². The molecule has 1 aromatic carbocycles. The van der Waals surface area contributed by atoms with Gasteiger partial charge >= 0.3 is 0 Å². The summed E-state index contributed by atoms with van der Waals surface area (Å²) in [5.74, 6) is 0.945. The van der Waals surface area contributed by atoms with E-state index in [9.17, 15) is 4.79 Å². The number of carbonyl (C=O) groups is 1. The zero-order valence-electron chi connectivity index (χ0n) is 11.5. The molecule has 0 N–H and O–H groups in total. The standard InChI is InChI=1S/C15H16BrN3O/c1-11(20)8-9-19(2)15-7-6-14(17-18-15)12-4-3-5-13(16)10-12/h3-7,10H,8-9H2,1-2H3. The van der Waals surface area contributed by atoms with Crippen LogP contribution < -0.4 is 4.90 Å². The second kappa shape index (κ2) is 6.61. The summed E-state index contributed by atoms with van der Waals surface area (Å²) in [5, 5.41) is 8.45. The van der Waals surface area contributed by atoms with Crippen molar-refractivity contribution in [2.24, 2.45) is 0 Å². The van der Waals surface area contributed by atoms with Gasteiger partial charge in [0.15, 0.2) is 5.82 Å².